The van der Waals surface area contributed by atoms with Gasteiger partial charge in [0.05, 0.1) is 36.2 Å². The maximum atomic E-state index is 13.3. The molecule has 0 unspecified atom stereocenters. The van der Waals surface area contributed by atoms with Gasteiger partial charge in [0, 0.05) is 11.6 Å². The lowest BCUT2D eigenvalue weighted by atomic mass is 10.2. The maximum absolute atomic E-state index is 13.3. The molecule has 0 saturated heterocycles. The lowest BCUT2D eigenvalue weighted by Gasteiger charge is -2.10. The molecule has 0 radical (unpaired) electrons. The number of hydrogen-bond donors (Lipinski definition) is 0. The van der Waals surface area contributed by atoms with E-state index in [1.165, 1.54) is 42.1 Å². The molecular weight excluding hydrogens is 446 g/mol. The predicted octanol–water partition coefficient (Wildman–Crippen LogP) is 2.15. The van der Waals surface area contributed by atoms with Gasteiger partial charge >= 0.3 is 0 Å². The van der Waals surface area contributed by atoms with E-state index >= 15 is 0 Å². The van der Waals surface area contributed by atoms with Gasteiger partial charge in [0.2, 0.25) is 9.84 Å². The van der Waals surface area contributed by atoms with Crippen LogP contribution in [-0.2, 0) is 9.84 Å². The highest BCUT2D eigenvalue weighted by Crippen LogP contribution is 2.32. The first-order chi connectivity index (χ1) is 15.8. The number of carbonyl (C=O) groups excluding carboxylic acids is 1. The van der Waals surface area contributed by atoms with E-state index in [0.717, 1.165) is 0 Å². The van der Waals surface area contributed by atoms with Crippen LogP contribution in [0.15, 0.2) is 82.7 Å². The fourth-order valence-corrected chi connectivity index (χ4v) is 4.76. The minimum absolute atomic E-state index is 0.0138. The largest absolute Gasteiger partial charge is 0.545 e. The van der Waals surface area contributed by atoms with E-state index in [4.69, 9.17) is 9.47 Å². The Bertz CT molecular complexity index is 1430. The summed E-state index contributed by atoms with van der Waals surface area (Å²) >= 11 is 0. The number of nitrogens with zero attached hydrogens (tertiary/aromatic N) is 3. The Balaban J connectivity index is 1.76. The molecule has 0 aliphatic rings. The van der Waals surface area contributed by atoms with Gasteiger partial charge in [-0.1, -0.05) is 35.5 Å². The smallest absolute Gasteiger partial charge is 0.207 e. The lowest BCUT2D eigenvalue weighted by Crippen LogP contribution is -2.22. The van der Waals surface area contributed by atoms with Gasteiger partial charge < -0.3 is 19.4 Å². The molecule has 3 aromatic carbocycles. The molecule has 0 saturated carbocycles. The molecule has 33 heavy (non-hydrogen) atoms. The summed E-state index contributed by atoms with van der Waals surface area (Å²) in [5.41, 5.74) is 1.16. The summed E-state index contributed by atoms with van der Waals surface area (Å²) in [4.78, 5) is 10.9. The molecule has 4 aromatic rings. The Morgan fingerprint density at radius 2 is 1.70 bits per heavy atom. The Morgan fingerprint density at radius 3 is 2.36 bits per heavy atom. The second kappa shape index (κ2) is 8.75. The lowest BCUT2D eigenvalue weighted by molar-refractivity contribution is -0.255. The monoisotopic (exact) mass is 464 g/mol. The van der Waals surface area contributed by atoms with E-state index in [9.17, 15) is 18.3 Å². The fourth-order valence-electron chi connectivity index (χ4n) is 3.29. The zero-order valence-corrected chi connectivity index (χ0v) is 18.4. The van der Waals surface area contributed by atoms with Crippen LogP contribution < -0.4 is 14.6 Å². The number of benzene rings is 3. The van der Waals surface area contributed by atoms with Crippen LogP contribution in [0.5, 0.6) is 11.5 Å². The molecular formula is C23H18N3O6S-. The van der Waals surface area contributed by atoms with Gasteiger partial charge in [0.1, 0.15) is 22.9 Å². The van der Waals surface area contributed by atoms with Crippen molar-refractivity contribution in [3.8, 4) is 28.4 Å². The molecule has 0 amide bonds. The molecule has 0 N–H and O–H groups in total. The van der Waals surface area contributed by atoms with Crippen LogP contribution in [0.1, 0.15) is 10.4 Å². The van der Waals surface area contributed by atoms with Gasteiger partial charge in [-0.15, -0.1) is 5.10 Å². The minimum atomic E-state index is -3.97. The summed E-state index contributed by atoms with van der Waals surface area (Å²) in [5, 5.41) is 19.3. The number of carboxylic acids is 1. The summed E-state index contributed by atoms with van der Waals surface area (Å²) in [6.07, 6.45) is 1.60. The third kappa shape index (κ3) is 4.15. The highest BCUT2D eigenvalue weighted by atomic mass is 32.2. The molecule has 0 fully saturated rings. The maximum Gasteiger partial charge on any atom is 0.207 e. The van der Waals surface area contributed by atoms with Gasteiger partial charge in [-0.2, -0.15) is 0 Å². The van der Waals surface area contributed by atoms with Gasteiger partial charge in [-0.25, -0.2) is 13.1 Å². The predicted molar refractivity (Wildman–Crippen MR) is 116 cm³/mol. The highest BCUT2D eigenvalue weighted by molar-refractivity contribution is 7.91. The highest BCUT2D eigenvalue weighted by Gasteiger charge is 2.23. The minimum Gasteiger partial charge on any atom is -0.545 e. The van der Waals surface area contributed by atoms with Crippen LogP contribution in [0.3, 0.4) is 0 Å². The molecule has 0 aliphatic heterocycles. The van der Waals surface area contributed by atoms with E-state index in [1.54, 1.807) is 49.7 Å². The summed E-state index contributed by atoms with van der Waals surface area (Å²) in [5.74, 6) is -0.276. The molecule has 0 aliphatic carbocycles. The number of methoxy groups -OCH3 is 2. The average Bonchev–Trinajstić information content (AvgIpc) is 3.33. The van der Waals surface area contributed by atoms with Crippen molar-refractivity contribution in [2.45, 2.75) is 9.79 Å². The molecule has 1 heterocycles. The van der Waals surface area contributed by atoms with Crippen molar-refractivity contribution in [2.24, 2.45) is 0 Å². The van der Waals surface area contributed by atoms with Crippen molar-refractivity contribution < 1.29 is 27.8 Å². The first kappa shape index (κ1) is 22.0. The third-order valence-electron chi connectivity index (χ3n) is 4.98. The Hall–Kier alpha value is -4.18. The second-order valence-electron chi connectivity index (χ2n) is 6.90. The zero-order valence-electron chi connectivity index (χ0n) is 17.6. The number of sulfone groups is 1. The van der Waals surface area contributed by atoms with E-state index in [2.05, 4.69) is 10.3 Å². The van der Waals surface area contributed by atoms with Gasteiger partial charge in [-0.3, -0.25) is 0 Å². The Labute approximate surface area is 189 Å². The van der Waals surface area contributed by atoms with Crippen LogP contribution in [0, 0.1) is 0 Å². The average molecular weight is 464 g/mol. The molecule has 0 atom stereocenters. The standard InChI is InChI=1S/C23H19N3O6S/c1-31-16-9-12-20(21(13-16)32-2)26-14-19(24-25-26)18-5-3-4-6-22(18)33(29,30)17-10-7-15(8-11-17)23(27)28/h3-14H,1-2H3,(H,27,28)/p-1. The van der Waals surface area contributed by atoms with Crippen molar-refractivity contribution in [1.82, 2.24) is 15.0 Å². The first-order valence-corrected chi connectivity index (χ1v) is 11.1. The van der Waals surface area contributed by atoms with Crippen LogP contribution >= 0.6 is 0 Å². The van der Waals surface area contributed by atoms with Crippen molar-refractivity contribution >= 4 is 15.8 Å². The van der Waals surface area contributed by atoms with Crippen LogP contribution in [-0.4, -0.2) is 43.6 Å². The quantitative estimate of drug-likeness (QED) is 0.408. The number of rotatable bonds is 7. The topological polar surface area (TPSA) is 123 Å². The van der Waals surface area contributed by atoms with Crippen molar-refractivity contribution in [2.75, 3.05) is 14.2 Å². The van der Waals surface area contributed by atoms with Crippen LogP contribution in [0.4, 0.5) is 0 Å². The van der Waals surface area contributed by atoms with Crippen molar-refractivity contribution in [1.29, 1.82) is 0 Å². The number of hydrogen-bond acceptors (Lipinski definition) is 8. The Kier molecular flexibility index (Phi) is 5.84. The third-order valence-corrected chi connectivity index (χ3v) is 6.81. The summed E-state index contributed by atoms with van der Waals surface area (Å²) in [7, 11) is -0.904. The van der Waals surface area contributed by atoms with E-state index < -0.39 is 15.8 Å². The van der Waals surface area contributed by atoms with Crippen LogP contribution in [0.25, 0.3) is 16.9 Å². The normalized spacial score (nSPS) is 11.2. The number of ether oxygens (including phenoxy) is 2. The number of aromatic nitrogens is 3. The number of carbonyl (C=O) groups is 1. The SMILES string of the molecule is COc1ccc(-n2cc(-c3ccccc3S(=O)(=O)c3ccc(C(=O)[O-])cc3)nn2)c(OC)c1. The first-order valence-electron chi connectivity index (χ1n) is 9.66. The number of aromatic carboxylic acids is 1. The van der Waals surface area contributed by atoms with Gasteiger partial charge in [-0.05, 0) is 35.9 Å². The molecule has 0 spiro atoms. The molecule has 1 aromatic heterocycles. The van der Waals surface area contributed by atoms with Crippen molar-refractivity contribution in [3.63, 3.8) is 0 Å². The zero-order chi connectivity index (χ0) is 23.6. The van der Waals surface area contributed by atoms with Gasteiger partial charge in [0.15, 0.2) is 0 Å². The number of carboxylic acid groups (broad SMARTS) is 1. The van der Waals surface area contributed by atoms with Gasteiger partial charge in [0.25, 0.3) is 0 Å². The molecule has 10 heteroatoms. The summed E-state index contributed by atoms with van der Waals surface area (Å²) in [6, 6.07) is 16.4. The second-order valence-corrected chi connectivity index (χ2v) is 8.82. The van der Waals surface area contributed by atoms with E-state index in [-0.39, 0.29) is 15.4 Å². The summed E-state index contributed by atoms with van der Waals surface area (Å²) in [6.45, 7) is 0. The molecule has 9 nitrogen and oxygen atoms in total. The van der Waals surface area contributed by atoms with Crippen molar-refractivity contribution in [3.05, 3.63) is 78.5 Å². The van der Waals surface area contributed by atoms with Crippen LogP contribution in [0.2, 0.25) is 0 Å². The summed E-state index contributed by atoms with van der Waals surface area (Å²) < 4.78 is 38.7. The molecule has 168 valence electrons. The van der Waals surface area contributed by atoms with E-state index in [1.807, 2.05) is 0 Å². The molecule has 0 bridgehead atoms. The molecule has 4 rings (SSSR count). The Morgan fingerprint density at radius 1 is 0.970 bits per heavy atom. The van der Waals surface area contributed by atoms with E-state index in [0.29, 0.717) is 28.4 Å². The fraction of sp³-hybridized carbons (Fsp3) is 0.0870.